The van der Waals surface area contributed by atoms with Crippen LogP contribution in [0, 0.1) is 5.82 Å². The number of benzene rings is 1. The molecule has 134 valence electrons. The number of rotatable bonds is 6. The van der Waals surface area contributed by atoms with Crippen LogP contribution in [0.15, 0.2) is 61.1 Å². The Morgan fingerprint density at radius 2 is 2.04 bits per heavy atom. The molecule has 1 unspecified atom stereocenters. The minimum atomic E-state index is -0.645. The molecule has 2 aromatic heterocycles. The Bertz CT molecular complexity index is 892. The molecule has 0 aliphatic rings. The standard InChI is InChI=1S/C20H21FN4O/c1-22-11-14-10-18(16-7-3-4-8-17(16)21)25(13-14)19(20(26)23-2)15-6-5-9-24-12-15/h3-10,12-13,19,22H,11H2,1-2H3,(H,23,26). The van der Waals surface area contributed by atoms with Crippen LogP contribution >= 0.6 is 0 Å². The molecule has 2 N–H and O–H groups in total. The molecule has 0 spiro atoms. The van der Waals surface area contributed by atoms with E-state index in [9.17, 15) is 9.18 Å². The zero-order valence-corrected chi connectivity index (χ0v) is 14.7. The number of likely N-dealkylation sites (N-methyl/N-ethyl adjacent to an activating group) is 1. The van der Waals surface area contributed by atoms with Gasteiger partial charge in [-0.1, -0.05) is 18.2 Å². The van der Waals surface area contributed by atoms with Crippen LogP contribution < -0.4 is 10.6 Å². The Morgan fingerprint density at radius 3 is 2.69 bits per heavy atom. The van der Waals surface area contributed by atoms with E-state index in [2.05, 4.69) is 15.6 Å². The van der Waals surface area contributed by atoms with Crippen molar-refractivity contribution < 1.29 is 9.18 Å². The smallest absolute Gasteiger partial charge is 0.247 e. The van der Waals surface area contributed by atoms with Gasteiger partial charge in [0.15, 0.2) is 0 Å². The number of halogens is 1. The van der Waals surface area contributed by atoms with Gasteiger partial charge in [-0.05, 0) is 36.9 Å². The van der Waals surface area contributed by atoms with Crippen molar-refractivity contribution in [3.8, 4) is 11.3 Å². The second kappa shape index (κ2) is 7.93. The number of nitrogens with zero attached hydrogens (tertiary/aromatic N) is 2. The first kappa shape index (κ1) is 17.8. The lowest BCUT2D eigenvalue weighted by Gasteiger charge is -2.21. The molecule has 0 saturated heterocycles. The molecule has 0 fully saturated rings. The lowest BCUT2D eigenvalue weighted by Crippen LogP contribution is -2.30. The number of pyridine rings is 1. The monoisotopic (exact) mass is 352 g/mol. The average molecular weight is 352 g/mol. The van der Waals surface area contributed by atoms with Crippen LogP contribution in [-0.2, 0) is 11.3 Å². The van der Waals surface area contributed by atoms with Crippen molar-refractivity contribution in [1.29, 1.82) is 0 Å². The minimum absolute atomic E-state index is 0.192. The van der Waals surface area contributed by atoms with Crippen molar-refractivity contribution in [2.24, 2.45) is 0 Å². The molecular formula is C20H21FN4O. The highest BCUT2D eigenvalue weighted by molar-refractivity contribution is 5.84. The Morgan fingerprint density at radius 1 is 1.23 bits per heavy atom. The summed E-state index contributed by atoms with van der Waals surface area (Å²) in [4.78, 5) is 16.8. The summed E-state index contributed by atoms with van der Waals surface area (Å²) >= 11 is 0. The molecule has 2 heterocycles. The van der Waals surface area contributed by atoms with Crippen molar-refractivity contribution in [2.45, 2.75) is 12.6 Å². The summed E-state index contributed by atoms with van der Waals surface area (Å²) in [7, 11) is 3.43. The fraction of sp³-hybridized carbons (Fsp3) is 0.200. The highest BCUT2D eigenvalue weighted by atomic mass is 19.1. The number of carbonyl (C=O) groups is 1. The molecule has 1 aromatic carbocycles. The van der Waals surface area contributed by atoms with Gasteiger partial charge in [0.25, 0.3) is 0 Å². The largest absolute Gasteiger partial charge is 0.357 e. The van der Waals surface area contributed by atoms with Crippen LogP contribution in [0.1, 0.15) is 17.2 Å². The highest BCUT2D eigenvalue weighted by Gasteiger charge is 2.25. The molecule has 6 heteroatoms. The second-order valence-corrected chi connectivity index (χ2v) is 5.95. The molecule has 3 rings (SSSR count). The predicted molar refractivity (Wildman–Crippen MR) is 99.0 cm³/mol. The first-order valence-electron chi connectivity index (χ1n) is 8.37. The van der Waals surface area contributed by atoms with E-state index < -0.39 is 6.04 Å². The molecule has 1 atom stereocenters. The van der Waals surface area contributed by atoms with Crippen LogP contribution in [-0.4, -0.2) is 29.6 Å². The van der Waals surface area contributed by atoms with Crippen molar-refractivity contribution in [2.75, 3.05) is 14.1 Å². The van der Waals surface area contributed by atoms with E-state index in [1.165, 1.54) is 6.07 Å². The number of nitrogens with one attached hydrogen (secondary N) is 2. The maximum atomic E-state index is 14.5. The molecule has 0 aliphatic heterocycles. The third-order valence-electron chi connectivity index (χ3n) is 4.21. The Balaban J connectivity index is 2.20. The van der Waals surface area contributed by atoms with Gasteiger partial charge >= 0.3 is 0 Å². The second-order valence-electron chi connectivity index (χ2n) is 5.95. The van der Waals surface area contributed by atoms with E-state index in [0.717, 1.165) is 11.1 Å². The van der Waals surface area contributed by atoms with E-state index in [0.29, 0.717) is 17.8 Å². The number of aromatic nitrogens is 2. The van der Waals surface area contributed by atoms with Gasteiger partial charge in [-0.3, -0.25) is 9.78 Å². The molecule has 0 saturated carbocycles. The van der Waals surface area contributed by atoms with Crippen LogP contribution in [0.5, 0.6) is 0 Å². The average Bonchev–Trinajstić information content (AvgIpc) is 3.06. The summed E-state index contributed by atoms with van der Waals surface area (Å²) in [6, 6.07) is 11.5. The Hall–Kier alpha value is -2.99. The third kappa shape index (κ3) is 3.50. The lowest BCUT2D eigenvalue weighted by molar-refractivity contribution is -0.122. The Labute approximate surface area is 151 Å². The van der Waals surface area contributed by atoms with Crippen LogP contribution in [0.2, 0.25) is 0 Å². The van der Waals surface area contributed by atoms with Crippen LogP contribution in [0.25, 0.3) is 11.3 Å². The molecule has 0 bridgehead atoms. The highest BCUT2D eigenvalue weighted by Crippen LogP contribution is 2.31. The number of hydrogen-bond acceptors (Lipinski definition) is 3. The van der Waals surface area contributed by atoms with Crippen molar-refractivity contribution in [1.82, 2.24) is 20.2 Å². The SMILES string of the molecule is CNCc1cc(-c2ccccc2F)n(C(C(=O)NC)c2cccnc2)c1. The van der Waals surface area contributed by atoms with Crippen LogP contribution in [0.4, 0.5) is 4.39 Å². The molecule has 0 radical (unpaired) electrons. The summed E-state index contributed by atoms with van der Waals surface area (Å²) in [5, 5.41) is 5.79. The number of hydrogen-bond donors (Lipinski definition) is 2. The molecular weight excluding hydrogens is 331 g/mol. The molecule has 0 aliphatic carbocycles. The summed E-state index contributed by atoms with van der Waals surface area (Å²) in [5.74, 6) is -0.521. The van der Waals surface area contributed by atoms with Gasteiger partial charge in [0, 0.05) is 43.3 Å². The zero-order valence-electron chi connectivity index (χ0n) is 14.7. The zero-order chi connectivity index (χ0) is 18.5. The van der Waals surface area contributed by atoms with E-state index in [-0.39, 0.29) is 11.7 Å². The maximum Gasteiger partial charge on any atom is 0.247 e. The fourth-order valence-corrected chi connectivity index (χ4v) is 3.05. The normalized spacial score (nSPS) is 12.0. The van der Waals surface area contributed by atoms with Crippen molar-refractivity contribution >= 4 is 5.91 Å². The van der Waals surface area contributed by atoms with Gasteiger partial charge in [0.2, 0.25) is 5.91 Å². The van der Waals surface area contributed by atoms with Gasteiger partial charge in [0.05, 0.1) is 5.69 Å². The van der Waals surface area contributed by atoms with Gasteiger partial charge in [0.1, 0.15) is 11.9 Å². The molecule has 3 aromatic rings. The maximum absolute atomic E-state index is 14.5. The van der Waals surface area contributed by atoms with E-state index in [1.54, 1.807) is 48.3 Å². The first-order valence-corrected chi connectivity index (χ1v) is 8.37. The quantitative estimate of drug-likeness (QED) is 0.717. The summed E-state index contributed by atoms with van der Waals surface area (Å²) in [6.45, 7) is 0.613. The van der Waals surface area contributed by atoms with Crippen molar-refractivity contribution in [3.63, 3.8) is 0 Å². The summed E-state index contributed by atoms with van der Waals surface area (Å²) in [6.07, 6.45) is 5.19. The van der Waals surface area contributed by atoms with Crippen molar-refractivity contribution in [3.05, 3.63) is 78.0 Å². The third-order valence-corrected chi connectivity index (χ3v) is 4.21. The first-order chi connectivity index (χ1) is 12.7. The molecule has 5 nitrogen and oxygen atoms in total. The van der Waals surface area contributed by atoms with E-state index in [1.807, 2.05) is 25.4 Å². The molecule has 1 amide bonds. The fourth-order valence-electron chi connectivity index (χ4n) is 3.05. The van der Waals surface area contributed by atoms with Gasteiger partial charge in [-0.2, -0.15) is 0 Å². The topological polar surface area (TPSA) is 59.0 Å². The van der Waals surface area contributed by atoms with Crippen LogP contribution in [0.3, 0.4) is 0 Å². The summed E-state index contributed by atoms with van der Waals surface area (Å²) < 4.78 is 16.3. The van der Waals surface area contributed by atoms with Gasteiger partial charge in [-0.25, -0.2) is 4.39 Å². The molecule has 26 heavy (non-hydrogen) atoms. The Kier molecular flexibility index (Phi) is 5.43. The minimum Gasteiger partial charge on any atom is -0.357 e. The summed E-state index contributed by atoms with van der Waals surface area (Å²) in [5.41, 5.74) is 2.79. The van der Waals surface area contributed by atoms with E-state index in [4.69, 9.17) is 0 Å². The van der Waals surface area contributed by atoms with Gasteiger partial charge in [-0.15, -0.1) is 0 Å². The van der Waals surface area contributed by atoms with Gasteiger partial charge < -0.3 is 15.2 Å². The number of carbonyl (C=O) groups excluding carboxylic acids is 1. The lowest BCUT2D eigenvalue weighted by atomic mass is 10.1. The number of amides is 1. The van der Waals surface area contributed by atoms with E-state index >= 15 is 0 Å². The predicted octanol–water partition coefficient (Wildman–Crippen LogP) is 2.74.